The molecule has 3 fully saturated rings. The van der Waals surface area contributed by atoms with Crippen molar-refractivity contribution in [3.63, 3.8) is 0 Å². The Kier molecular flexibility index (Phi) is 2.23. The van der Waals surface area contributed by atoms with E-state index < -0.39 is 0 Å². The Hall–Kier alpha value is -0.260. The summed E-state index contributed by atoms with van der Waals surface area (Å²) in [6, 6.07) is 0. The molecule has 0 aromatic heterocycles. The van der Waals surface area contributed by atoms with Crippen LogP contribution in [0.1, 0.15) is 58.8 Å². The van der Waals surface area contributed by atoms with Gasteiger partial charge in [0.05, 0.1) is 0 Å². The fourth-order valence-electron chi connectivity index (χ4n) is 4.84. The summed E-state index contributed by atoms with van der Waals surface area (Å²) in [5.74, 6) is 3.21. The minimum Gasteiger partial charge on any atom is -0.0844 e. The summed E-state index contributed by atoms with van der Waals surface area (Å²) < 4.78 is 0. The van der Waals surface area contributed by atoms with Gasteiger partial charge in [-0.15, -0.1) is 0 Å². The highest BCUT2D eigenvalue weighted by atomic mass is 14.8. The van der Waals surface area contributed by atoms with Crippen molar-refractivity contribution >= 4 is 0 Å². The monoisotopic (exact) mass is 204 g/mol. The predicted octanol–water partition coefficient (Wildman–Crippen LogP) is 4.56. The number of hydrogen-bond acceptors (Lipinski definition) is 0. The third-order valence-electron chi connectivity index (χ3n) is 5.49. The summed E-state index contributed by atoms with van der Waals surface area (Å²) >= 11 is 0. The van der Waals surface area contributed by atoms with E-state index in [9.17, 15) is 0 Å². The number of allylic oxidation sites excluding steroid dienone is 2. The van der Waals surface area contributed by atoms with Crippen molar-refractivity contribution in [1.29, 1.82) is 0 Å². The Balaban J connectivity index is 1.82. The van der Waals surface area contributed by atoms with Gasteiger partial charge in [0.1, 0.15) is 0 Å². The van der Waals surface area contributed by atoms with Gasteiger partial charge in [0, 0.05) is 5.41 Å². The first-order valence-corrected chi connectivity index (χ1v) is 7.06. The minimum absolute atomic E-state index is 0.780. The zero-order valence-electron chi connectivity index (χ0n) is 10.3. The van der Waals surface area contributed by atoms with Crippen molar-refractivity contribution in [3.8, 4) is 0 Å². The molecule has 0 amide bonds. The van der Waals surface area contributed by atoms with Crippen molar-refractivity contribution in [1.82, 2.24) is 0 Å². The third kappa shape index (κ3) is 1.09. The summed E-state index contributed by atoms with van der Waals surface area (Å²) in [5, 5.41) is 0. The summed E-state index contributed by atoms with van der Waals surface area (Å²) in [4.78, 5) is 0. The van der Waals surface area contributed by atoms with E-state index in [4.69, 9.17) is 0 Å². The van der Waals surface area contributed by atoms with Crippen LogP contribution in [0.4, 0.5) is 0 Å². The van der Waals surface area contributed by atoms with Gasteiger partial charge in [-0.25, -0.2) is 0 Å². The maximum atomic E-state index is 2.61. The summed E-state index contributed by atoms with van der Waals surface area (Å²) in [7, 11) is 0. The fraction of sp³-hybridized carbons (Fsp3) is 0.867. The number of rotatable bonds is 3. The van der Waals surface area contributed by atoms with Crippen LogP contribution in [-0.4, -0.2) is 0 Å². The van der Waals surface area contributed by atoms with Gasteiger partial charge in [-0.1, -0.05) is 44.8 Å². The molecule has 0 aromatic carbocycles. The highest BCUT2D eigenvalue weighted by Gasteiger charge is 2.74. The second kappa shape index (κ2) is 3.37. The van der Waals surface area contributed by atoms with Crippen LogP contribution in [0.15, 0.2) is 11.6 Å². The van der Waals surface area contributed by atoms with Crippen molar-refractivity contribution in [3.05, 3.63) is 11.6 Å². The first kappa shape index (κ1) is 9.93. The molecule has 0 heteroatoms. The maximum absolute atomic E-state index is 2.61. The first-order chi connectivity index (χ1) is 7.35. The zero-order chi connectivity index (χ0) is 10.5. The Morgan fingerprint density at radius 1 is 1.33 bits per heavy atom. The molecule has 0 radical (unpaired) electrons. The quantitative estimate of drug-likeness (QED) is 0.591. The van der Waals surface area contributed by atoms with Crippen LogP contribution in [0.25, 0.3) is 0 Å². The van der Waals surface area contributed by atoms with Crippen molar-refractivity contribution in [2.75, 3.05) is 0 Å². The van der Waals surface area contributed by atoms with Gasteiger partial charge in [0.15, 0.2) is 0 Å². The lowest BCUT2D eigenvalue weighted by molar-refractivity contribution is 0.0344. The van der Waals surface area contributed by atoms with E-state index in [-0.39, 0.29) is 0 Å². The topological polar surface area (TPSA) is 0 Å². The molecule has 0 nitrogen and oxygen atoms in total. The molecule has 1 spiro atoms. The highest BCUT2D eigenvalue weighted by molar-refractivity contribution is 5.47. The molecule has 0 aromatic rings. The van der Waals surface area contributed by atoms with E-state index in [0.717, 1.165) is 23.2 Å². The second-order valence-electron chi connectivity index (χ2n) is 5.90. The van der Waals surface area contributed by atoms with Crippen LogP contribution in [0, 0.1) is 23.2 Å². The van der Waals surface area contributed by atoms with E-state index in [1.807, 2.05) is 5.57 Å². The van der Waals surface area contributed by atoms with Crippen molar-refractivity contribution in [2.45, 2.75) is 58.8 Å². The summed E-state index contributed by atoms with van der Waals surface area (Å²) in [5.41, 5.74) is 2.68. The van der Waals surface area contributed by atoms with Gasteiger partial charge < -0.3 is 0 Å². The highest BCUT2D eigenvalue weighted by Crippen LogP contribution is 2.81. The molecule has 0 bridgehead atoms. The molecule has 0 heterocycles. The van der Waals surface area contributed by atoms with Gasteiger partial charge in [-0.3, -0.25) is 0 Å². The summed E-state index contributed by atoms with van der Waals surface area (Å²) in [6.45, 7) is 4.71. The average Bonchev–Trinajstić information content (AvgIpc) is 2.71. The van der Waals surface area contributed by atoms with Gasteiger partial charge in [0.2, 0.25) is 0 Å². The van der Waals surface area contributed by atoms with Gasteiger partial charge in [-0.2, -0.15) is 0 Å². The van der Waals surface area contributed by atoms with E-state index in [1.54, 1.807) is 6.42 Å². The lowest BCUT2D eigenvalue weighted by Gasteiger charge is -2.45. The molecule has 15 heavy (non-hydrogen) atoms. The largest absolute Gasteiger partial charge is 0.0844 e. The van der Waals surface area contributed by atoms with Crippen LogP contribution < -0.4 is 0 Å². The van der Waals surface area contributed by atoms with Gasteiger partial charge in [0.25, 0.3) is 0 Å². The van der Waals surface area contributed by atoms with E-state index in [2.05, 4.69) is 19.9 Å². The molecular weight excluding hydrogens is 180 g/mol. The van der Waals surface area contributed by atoms with Crippen LogP contribution in [0.3, 0.4) is 0 Å². The molecule has 3 aliphatic carbocycles. The van der Waals surface area contributed by atoms with Crippen molar-refractivity contribution in [2.24, 2.45) is 23.2 Å². The predicted molar refractivity (Wildman–Crippen MR) is 64.7 cm³/mol. The Morgan fingerprint density at radius 3 is 2.93 bits per heavy atom. The number of hydrogen-bond donors (Lipinski definition) is 0. The van der Waals surface area contributed by atoms with Crippen molar-refractivity contribution < 1.29 is 0 Å². The SMILES string of the molecule is CCC/C=C1/C2CC3CCCC(CC)C132. The van der Waals surface area contributed by atoms with Crippen LogP contribution in [0.5, 0.6) is 0 Å². The average molecular weight is 204 g/mol. The van der Waals surface area contributed by atoms with Gasteiger partial charge in [-0.05, 0) is 43.4 Å². The zero-order valence-corrected chi connectivity index (χ0v) is 10.3. The summed E-state index contributed by atoms with van der Waals surface area (Å²) in [6.07, 6.45) is 12.8. The lowest BCUT2D eigenvalue weighted by atomic mass is 9.58. The normalized spacial score (nSPS) is 49.5. The van der Waals surface area contributed by atoms with E-state index >= 15 is 0 Å². The molecule has 4 unspecified atom stereocenters. The molecular formula is C15H24. The molecule has 0 saturated heterocycles. The molecule has 0 N–H and O–H groups in total. The number of unbranched alkanes of at least 4 members (excludes halogenated alkanes) is 1. The maximum Gasteiger partial charge on any atom is 0.00372 e. The van der Waals surface area contributed by atoms with E-state index in [1.165, 1.54) is 38.5 Å². The molecule has 3 saturated carbocycles. The van der Waals surface area contributed by atoms with E-state index in [0.29, 0.717) is 0 Å². The second-order valence-corrected chi connectivity index (χ2v) is 5.90. The van der Waals surface area contributed by atoms with Crippen LogP contribution >= 0.6 is 0 Å². The molecule has 0 aliphatic heterocycles. The molecule has 3 rings (SSSR count). The van der Waals surface area contributed by atoms with Crippen LogP contribution in [-0.2, 0) is 0 Å². The minimum atomic E-state index is 0.780. The first-order valence-electron chi connectivity index (χ1n) is 7.06. The Morgan fingerprint density at radius 2 is 2.20 bits per heavy atom. The van der Waals surface area contributed by atoms with Crippen LogP contribution in [0.2, 0.25) is 0 Å². The van der Waals surface area contributed by atoms with Gasteiger partial charge >= 0.3 is 0 Å². The molecule has 4 atom stereocenters. The third-order valence-corrected chi connectivity index (χ3v) is 5.49. The Bertz CT molecular complexity index is 288. The smallest absolute Gasteiger partial charge is 0.00372 e. The molecule has 84 valence electrons. The fourth-order valence-corrected chi connectivity index (χ4v) is 4.84. The Labute approximate surface area is 94.1 Å². The standard InChI is InChI=1S/C15H24/c1-3-5-9-13-14-10-12-8-6-7-11(4-2)15(12,13)14/h9,11-12,14H,3-8,10H2,1-2H3/b13-9-. The lowest BCUT2D eigenvalue weighted by Crippen LogP contribution is -2.38. The molecule has 3 aliphatic rings.